The molecule has 1 aromatic rings. The van der Waals surface area contributed by atoms with Crippen LogP contribution in [0.2, 0.25) is 0 Å². The number of nitrogens with zero attached hydrogens (tertiary/aromatic N) is 1. The van der Waals surface area contributed by atoms with E-state index in [0.717, 1.165) is 12.8 Å². The van der Waals surface area contributed by atoms with E-state index in [1.54, 1.807) is 0 Å². The zero-order chi connectivity index (χ0) is 15.2. The van der Waals surface area contributed by atoms with Crippen molar-refractivity contribution in [1.29, 1.82) is 0 Å². The average molecular weight is 380 g/mol. The summed E-state index contributed by atoms with van der Waals surface area (Å²) in [6.07, 6.45) is 1.45. The molecule has 0 saturated carbocycles. The molecule has 2 aliphatic rings. The van der Waals surface area contributed by atoms with Crippen molar-refractivity contribution in [3.05, 3.63) is 28.0 Å². The largest absolute Gasteiger partial charge is 0.392 e. The predicted molar refractivity (Wildman–Crippen MR) is 76.7 cm³/mol. The van der Waals surface area contributed by atoms with Gasteiger partial charge in [0.05, 0.1) is 18.8 Å². The van der Waals surface area contributed by atoms with Gasteiger partial charge in [0, 0.05) is 23.1 Å². The Morgan fingerprint density at radius 1 is 1.33 bits per heavy atom. The number of aliphatic hydroxyl groups is 1. The molecule has 2 atom stereocenters. The first kappa shape index (κ1) is 15.4. The third-order valence-corrected chi connectivity index (χ3v) is 6.17. The number of halogens is 2. The monoisotopic (exact) mass is 379 g/mol. The van der Waals surface area contributed by atoms with Crippen molar-refractivity contribution in [2.45, 2.75) is 36.6 Å². The Balaban J connectivity index is 2.00. The number of sulfonamides is 1. The number of hydrogen-bond donors (Lipinski definition) is 1. The van der Waals surface area contributed by atoms with Gasteiger partial charge >= 0.3 is 0 Å². The van der Waals surface area contributed by atoms with Gasteiger partial charge in [-0.25, -0.2) is 12.8 Å². The lowest BCUT2D eigenvalue weighted by Gasteiger charge is -2.31. The maximum atomic E-state index is 14.3. The molecule has 0 aliphatic carbocycles. The van der Waals surface area contributed by atoms with Crippen LogP contribution in [-0.4, -0.2) is 43.1 Å². The Bertz CT molecular complexity index is 654. The highest BCUT2D eigenvalue weighted by molar-refractivity contribution is 9.10. The van der Waals surface area contributed by atoms with Crippen molar-refractivity contribution in [2.75, 3.05) is 13.1 Å². The van der Waals surface area contributed by atoms with Crippen molar-refractivity contribution in [1.82, 2.24) is 4.31 Å². The Labute approximate surface area is 130 Å². The molecule has 0 spiro atoms. The number of fused-ring (bicyclic) bond motifs is 2. The second-order valence-electron chi connectivity index (χ2n) is 5.31. The maximum Gasteiger partial charge on any atom is 0.246 e. The van der Waals surface area contributed by atoms with E-state index in [9.17, 15) is 12.8 Å². The molecule has 21 heavy (non-hydrogen) atoms. The number of ether oxygens (including phenoxy) is 1. The lowest BCUT2D eigenvalue weighted by molar-refractivity contribution is -0.0115. The highest BCUT2D eigenvalue weighted by Crippen LogP contribution is 2.32. The smallest absolute Gasteiger partial charge is 0.246 e. The minimum Gasteiger partial charge on any atom is -0.392 e. The van der Waals surface area contributed by atoms with Crippen molar-refractivity contribution in [3.63, 3.8) is 0 Å². The van der Waals surface area contributed by atoms with E-state index in [1.165, 1.54) is 16.4 Å². The normalized spacial score (nSPS) is 26.2. The molecule has 2 unspecified atom stereocenters. The van der Waals surface area contributed by atoms with E-state index in [4.69, 9.17) is 9.84 Å². The van der Waals surface area contributed by atoms with Gasteiger partial charge in [-0.1, -0.05) is 15.9 Å². The van der Waals surface area contributed by atoms with E-state index >= 15 is 0 Å². The van der Waals surface area contributed by atoms with Crippen LogP contribution in [0.15, 0.2) is 21.5 Å². The van der Waals surface area contributed by atoms with Crippen LogP contribution in [0.4, 0.5) is 4.39 Å². The molecule has 5 nitrogen and oxygen atoms in total. The lowest BCUT2D eigenvalue weighted by atomic mass is 10.2. The fourth-order valence-electron chi connectivity index (χ4n) is 2.83. The molecule has 0 aromatic heterocycles. The summed E-state index contributed by atoms with van der Waals surface area (Å²) in [5, 5.41) is 9.15. The molecule has 0 radical (unpaired) electrons. The Morgan fingerprint density at radius 2 is 1.95 bits per heavy atom. The highest BCUT2D eigenvalue weighted by Gasteiger charge is 2.40. The molecule has 3 rings (SSSR count). The lowest BCUT2D eigenvalue weighted by Crippen LogP contribution is -2.45. The van der Waals surface area contributed by atoms with Gasteiger partial charge in [-0.3, -0.25) is 0 Å². The van der Waals surface area contributed by atoms with Crippen molar-refractivity contribution in [3.8, 4) is 0 Å². The van der Waals surface area contributed by atoms with Crippen LogP contribution in [0.1, 0.15) is 18.4 Å². The first-order valence-corrected chi connectivity index (χ1v) is 8.89. The molecular weight excluding hydrogens is 365 g/mol. The highest BCUT2D eigenvalue weighted by atomic mass is 79.9. The van der Waals surface area contributed by atoms with Gasteiger partial charge in [-0.05, 0) is 25.0 Å². The number of rotatable bonds is 3. The fraction of sp³-hybridized carbons (Fsp3) is 0.538. The zero-order valence-corrected chi connectivity index (χ0v) is 13.5. The predicted octanol–water partition coefficient (Wildman–Crippen LogP) is 1.63. The quantitative estimate of drug-likeness (QED) is 0.866. The average Bonchev–Trinajstić information content (AvgIpc) is 2.79. The van der Waals surface area contributed by atoms with E-state index in [1.807, 2.05) is 0 Å². The molecule has 2 saturated heterocycles. The summed E-state index contributed by atoms with van der Waals surface area (Å²) in [4.78, 5) is -0.401. The van der Waals surface area contributed by atoms with Crippen molar-refractivity contribution in [2.24, 2.45) is 0 Å². The fourth-order valence-corrected chi connectivity index (χ4v) is 5.13. The minimum atomic E-state index is -3.94. The molecule has 2 bridgehead atoms. The van der Waals surface area contributed by atoms with Crippen molar-refractivity contribution < 1.29 is 22.7 Å². The summed E-state index contributed by atoms with van der Waals surface area (Å²) in [6, 6.07) is 2.61. The number of aliphatic hydroxyl groups excluding tert-OH is 1. The summed E-state index contributed by atoms with van der Waals surface area (Å²) >= 11 is 3.16. The molecule has 116 valence electrons. The molecule has 2 heterocycles. The van der Waals surface area contributed by atoms with Crippen LogP contribution < -0.4 is 0 Å². The van der Waals surface area contributed by atoms with Gasteiger partial charge in [0.15, 0.2) is 0 Å². The summed E-state index contributed by atoms with van der Waals surface area (Å²) in [7, 11) is -3.94. The van der Waals surface area contributed by atoms with Crippen LogP contribution in [-0.2, 0) is 21.4 Å². The first-order valence-electron chi connectivity index (χ1n) is 6.66. The van der Waals surface area contributed by atoms with Gasteiger partial charge in [-0.15, -0.1) is 0 Å². The Morgan fingerprint density at radius 3 is 2.52 bits per heavy atom. The Kier molecular flexibility index (Phi) is 4.08. The van der Waals surface area contributed by atoms with E-state index in [0.29, 0.717) is 4.47 Å². The second kappa shape index (κ2) is 5.58. The molecule has 2 aliphatic heterocycles. The van der Waals surface area contributed by atoms with Crippen molar-refractivity contribution >= 4 is 26.0 Å². The van der Waals surface area contributed by atoms with Gasteiger partial charge in [0.2, 0.25) is 10.0 Å². The van der Waals surface area contributed by atoms with Crippen LogP contribution >= 0.6 is 15.9 Å². The van der Waals surface area contributed by atoms with Gasteiger partial charge in [0.25, 0.3) is 0 Å². The summed E-state index contributed by atoms with van der Waals surface area (Å²) in [6.45, 7) is -0.0549. The summed E-state index contributed by atoms with van der Waals surface area (Å²) < 4.78 is 47.0. The minimum absolute atomic E-state index is 0.0424. The van der Waals surface area contributed by atoms with E-state index in [2.05, 4.69) is 15.9 Å². The van der Waals surface area contributed by atoms with Crippen LogP contribution in [0.25, 0.3) is 0 Å². The SMILES string of the molecule is O=S(=O)(c1cc(Br)cc(CO)c1F)N1CC2CCC(C1)O2. The van der Waals surface area contributed by atoms with Gasteiger partial charge in [-0.2, -0.15) is 4.31 Å². The first-order chi connectivity index (χ1) is 9.91. The summed E-state index contributed by atoms with van der Waals surface area (Å²) in [5.41, 5.74) is -0.0424. The molecule has 2 fully saturated rings. The van der Waals surface area contributed by atoms with Gasteiger partial charge < -0.3 is 9.84 Å². The third-order valence-electron chi connectivity index (χ3n) is 3.88. The van der Waals surface area contributed by atoms with Crippen LogP contribution in [0.5, 0.6) is 0 Å². The molecular formula is C13H15BrFNO4S. The van der Waals surface area contributed by atoms with Crippen LogP contribution in [0, 0.1) is 5.82 Å². The maximum absolute atomic E-state index is 14.3. The Hall–Kier alpha value is -0.540. The second-order valence-corrected chi connectivity index (χ2v) is 8.14. The topological polar surface area (TPSA) is 66.8 Å². The van der Waals surface area contributed by atoms with E-state index < -0.39 is 27.3 Å². The molecule has 1 aromatic carbocycles. The third kappa shape index (κ3) is 2.75. The molecule has 8 heteroatoms. The van der Waals surface area contributed by atoms with E-state index in [-0.39, 0.29) is 30.9 Å². The number of morpholine rings is 1. The number of hydrogen-bond acceptors (Lipinski definition) is 4. The zero-order valence-electron chi connectivity index (χ0n) is 11.1. The van der Waals surface area contributed by atoms with Gasteiger partial charge in [0.1, 0.15) is 10.7 Å². The molecule has 0 amide bonds. The van der Waals surface area contributed by atoms with Crippen LogP contribution in [0.3, 0.4) is 0 Å². The summed E-state index contributed by atoms with van der Waals surface area (Å²) in [5.74, 6) is -0.889. The molecule has 1 N–H and O–H groups in total. The standard InChI is InChI=1S/C13H15BrFNO4S/c14-9-3-8(7-17)13(15)12(4-9)21(18,19)16-5-10-1-2-11(6-16)20-10/h3-4,10-11,17H,1-2,5-7H2. The number of benzene rings is 1.